The fourth-order valence-electron chi connectivity index (χ4n) is 3.81. The molecule has 0 spiro atoms. The molecule has 1 aromatic rings. The summed E-state index contributed by atoms with van der Waals surface area (Å²) in [5.74, 6) is 0.536. The Kier molecular flexibility index (Phi) is 9.46. The Morgan fingerprint density at radius 3 is 2.46 bits per heavy atom. The number of hydrogen-bond donors (Lipinski definition) is 2. The van der Waals surface area contributed by atoms with Gasteiger partial charge in [0, 0.05) is 32.1 Å². The minimum absolute atomic E-state index is 0. The normalized spacial score (nSPS) is 19.1. The van der Waals surface area contributed by atoms with Crippen molar-refractivity contribution in [1.29, 1.82) is 0 Å². The van der Waals surface area contributed by atoms with Crippen molar-refractivity contribution >= 4 is 46.4 Å². The fourth-order valence-corrected chi connectivity index (χ4v) is 5.16. The second-order valence-electron chi connectivity index (χ2n) is 7.27. The number of sulfone groups is 1. The lowest BCUT2D eigenvalue weighted by atomic mass is 9.95. The smallest absolute Gasteiger partial charge is 0.241 e. The molecule has 2 fully saturated rings. The number of carbonyl (C=O) groups excluding carboxylic acids is 1. The summed E-state index contributed by atoms with van der Waals surface area (Å²) in [7, 11) is -3.49. The highest BCUT2D eigenvalue weighted by Gasteiger charge is 2.48. The minimum Gasteiger partial charge on any atom is -0.357 e. The Balaban J connectivity index is 0.00000196. The zero-order chi connectivity index (χ0) is 18.6. The maximum absolute atomic E-state index is 12.8. The molecule has 1 aromatic heterocycles. The van der Waals surface area contributed by atoms with Crippen LogP contribution in [0.2, 0.25) is 0 Å². The van der Waals surface area contributed by atoms with Crippen LogP contribution in [0, 0.1) is 0 Å². The van der Waals surface area contributed by atoms with Crippen LogP contribution in [0.3, 0.4) is 0 Å². The Morgan fingerprint density at radius 1 is 1.21 bits per heavy atom. The molecular weight excluding hydrogens is 423 g/mol. The number of amides is 1. The molecule has 3 heterocycles. The van der Waals surface area contributed by atoms with E-state index in [1.54, 1.807) is 6.20 Å². The lowest BCUT2D eigenvalue weighted by Crippen LogP contribution is -2.57. The Bertz CT molecular complexity index is 749. The first kappa shape index (κ1) is 24.9. The van der Waals surface area contributed by atoms with E-state index in [0.717, 1.165) is 24.5 Å². The summed E-state index contributed by atoms with van der Waals surface area (Å²) >= 11 is 0. The van der Waals surface area contributed by atoms with Crippen molar-refractivity contribution < 1.29 is 13.2 Å². The van der Waals surface area contributed by atoms with Crippen molar-refractivity contribution in [2.45, 2.75) is 43.4 Å². The average Bonchev–Trinajstić information content (AvgIpc) is 2.67. The number of aromatic nitrogens is 1. The van der Waals surface area contributed by atoms with Gasteiger partial charge in [0.2, 0.25) is 5.91 Å². The van der Waals surface area contributed by atoms with E-state index in [1.165, 1.54) is 25.5 Å². The summed E-state index contributed by atoms with van der Waals surface area (Å²) in [6, 6.07) is 3.85. The molecular formula is C18H30Cl2N4O3S. The van der Waals surface area contributed by atoms with Crippen molar-refractivity contribution in [3.05, 3.63) is 23.9 Å². The van der Waals surface area contributed by atoms with Gasteiger partial charge in [-0.1, -0.05) is 0 Å². The standard InChI is InChI=1S/C18H28N4O3S.2ClH/c1-26(24,25)18(6-9-19-10-7-18)17(23)21-14-15-5-8-20-16(13-15)22-11-3-2-4-12-22;;/h5,8,13,19H,2-4,6-7,9-12,14H2,1H3,(H,21,23);2*1H. The maximum Gasteiger partial charge on any atom is 0.241 e. The van der Waals surface area contributed by atoms with Gasteiger partial charge < -0.3 is 15.5 Å². The lowest BCUT2D eigenvalue weighted by Gasteiger charge is -2.34. The van der Waals surface area contributed by atoms with E-state index >= 15 is 0 Å². The van der Waals surface area contributed by atoms with Crippen molar-refractivity contribution in [3.63, 3.8) is 0 Å². The van der Waals surface area contributed by atoms with Gasteiger partial charge in [0.25, 0.3) is 0 Å². The third-order valence-corrected chi connectivity index (χ3v) is 7.49. The van der Waals surface area contributed by atoms with Crippen LogP contribution in [0.15, 0.2) is 18.3 Å². The number of pyridine rings is 1. The highest BCUT2D eigenvalue weighted by molar-refractivity contribution is 7.92. The Labute approximate surface area is 179 Å². The predicted octanol–water partition coefficient (Wildman–Crippen LogP) is 1.70. The van der Waals surface area contributed by atoms with Crippen molar-refractivity contribution in [3.8, 4) is 0 Å². The summed E-state index contributed by atoms with van der Waals surface area (Å²) in [6.07, 6.45) is 7.15. The summed E-state index contributed by atoms with van der Waals surface area (Å²) < 4.78 is 23.3. The number of nitrogens with one attached hydrogen (secondary N) is 2. The molecule has 0 radical (unpaired) electrons. The predicted molar refractivity (Wildman–Crippen MR) is 116 cm³/mol. The van der Waals surface area contributed by atoms with E-state index in [1.807, 2.05) is 12.1 Å². The molecule has 0 atom stereocenters. The number of anilines is 1. The zero-order valence-corrected chi connectivity index (χ0v) is 18.6. The third-order valence-electron chi connectivity index (χ3n) is 5.48. The summed E-state index contributed by atoms with van der Waals surface area (Å²) in [6.45, 7) is 3.40. The molecule has 7 nitrogen and oxygen atoms in total. The maximum atomic E-state index is 12.8. The molecule has 0 bridgehead atoms. The topological polar surface area (TPSA) is 91.4 Å². The third kappa shape index (κ3) is 5.49. The minimum atomic E-state index is -3.49. The number of piperidine rings is 2. The van der Waals surface area contributed by atoms with Crippen LogP contribution in [-0.2, 0) is 21.2 Å². The highest BCUT2D eigenvalue weighted by atomic mass is 35.5. The van der Waals surface area contributed by atoms with Crippen LogP contribution in [0.5, 0.6) is 0 Å². The van der Waals surface area contributed by atoms with Gasteiger partial charge in [0.1, 0.15) is 5.82 Å². The highest BCUT2D eigenvalue weighted by Crippen LogP contribution is 2.28. The second-order valence-corrected chi connectivity index (χ2v) is 9.59. The van der Waals surface area contributed by atoms with Gasteiger partial charge in [-0.2, -0.15) is 0 Å². The molecule has 0 saturated carbocycles. The molecule has 1 amide bonds. The number of rotatable bonds is 5. The van der Waals surface area contributed by atoms with Gasteiger partial charge >= 0.3 is 0 Å². The quantitative estimate of drug-likeness (QED) is 0.705. The van der Waals surface area contributed by atoms with Gasteiger partial charge in [-0.25, -0.2) is 13.4 Å². The van der Waals surface area contributed by atoms with Crippen LogP contribution in [0.25, 0.3) is 0 Å². The molecule has 3 rings (SSSR count). The molecule has 2 N–H and O–H groups in total. The largest absolute Gasteiger partial charge is 0.357 e. The van der Waals surface area contributed by atoms with Gasteiger partial charge in [-0.15, -0.1) is 24.8 Å². The number of halogens is 2. The zero-order valence-electron chi connectivity index (χ0n) is 16.1. The lowest BCUT2D eigenvalue weighted by molar-refractivity contribution is -0.124. The van der Waals surface area contributed by atoms with E-state index < -0.39 is 20.5 Å². The molecule has 160 valence electrons. The van der Waals surface area contributed by atoms with E-state index in [0.29, 0.717) is 32.5 Å². The molecule has 2 aliphatic rings. The monoisotopic (exact) mass is 452 g/mol. The molecule has 2 aliphatic heterocycles. The fraction of sp³-hybridized carbons (Fsp3) is 0.667. The molecule has 2 saturated heterocycles. The molecule has 0 unspecified atom stereocenters. The van der Waals surface area contributed by atoms with Gasteiger partial charge in [-0.3, -0.25) is 4.79 Å². The summed E-state index contributed by atoms with van der Waals surface area (Å²) in [5, 5.41) is 5.98. The average molecular weight is 453 g/mol. The Morgan fingerprint density at radius 2 is 1.86 bits per heavy atom. The van der Waals surface area contributed by atoms with Gasteiger partial charge in [-0.05, 0) is 62.9 Å². The molecule has 0 aliphatic carbocycles. The number of hydrogen-bond acceptors (Lipinski definition) is 6. The first-order chi connectivity index (χ1) is 12.4. The number of nitrogens with zero attached hydrogens (tertiary/aromatic N) is 2. The Hall–Kier alpha value is -1.09. The van der Waals surface area contributed by atoms with E-state index in [9.17, 15) is 13.2 Å². The van der Waals surface area contributed by atoms with Gasteiger partial charge in [0.05, 0.1) is 0 Å². The second kappa shape index (κ2) is 10.6. The van der Waals surface area contributed by atoms with E-state index in [2.05, 4.69) is 20.5 Å². The van der Waals surface area contributed by atoms with Crippen molar-refractivity contribution in [1.82, 2.24) is 15.6 Å². The first-order valence-electron chi connectivity index (χ1n) is 9.31. The van der Waals surface area contributed by atoms with Crippen LogP contribution in [0.4, 0.5) is 5.82 Å². The van der Waals surface area contributed by atoms with Crippen LogP contribution >= 0.6 is 24.8 Å². The summed E-state index contributed by atoms with van der Waals surface area (Å²) in [5.41, 5.74) is 0.937. The van der Waals surface area contributed by atoms with E-state index in [-0.39, 0.29) is 24.8 Å². The van der Waals surface area contributed by atoms with Crippen molar-refractivity contribution in [2.24, 2.45) is 0 Å². The van der Waals surface area contributed by atoms with Crippen LogP contribution < -0.4 is 15.5 Å². The first-order valence-corrected chi connectivity index (χ1v) is 11.2. The molecule has 10 heteroatoms. The number of carbonyl (C=O) groups is 1. The molecule has 28 heavy (non-hydrogen) atoms. The van der Waals surface area contributed by atoms with Crippen molar-refractivity contribution in [2.75, 3.05) is 37.3 Å². The molecule has 0 aromatic carbocycles. The SMILES string of the molecule is CS(=O)(=O)C1(C(=O)NCc2ccnc(N3CCCCC3)c2)CCNCC1.Cl.Cl. The summed E-state index contributed by atoms with van der Waals surface area (Å²) in [4.78, 5) is 19.5. The van der Waals surface area contributed by atoms with Crippen LogP contribution in [0.1, 0.15) is 37.7 Å². The van der Waals surface area contributed by atoms with Gasteiger partial charge in [0.15, 0.2) is 14.6 Å². The van der Waals surface area contributed by atoms with Crippen LogP contribution in [-0.4, -0.2) is 56.5 Å². The van der Waals surface area contributed by atoms with E-state index in [4.69, 9.17) is 0 Å².